The molecular weight excluding hydrogens is 460 g/mol. The first-order valence-corrected chi connectivity index (χ1v) is 10.8. The van der Waals surface area contributed by atoms with Gasteiger partial charge in [0.1, 0.15) is 6.61 Å². The number of ether oxygens (including phenoxy) is 1. The van der Waals surface area contributed by atoms with Crippen LogP contribution in [-0.2, 0) is 9.53 Å². The highest BCUT2D eigenvalue weighted by Crippen LogP contribution is 2.44. The summed E-state index contributed by atoms with van der Waals surface area (Å²) >= 11 is 6.07. The number of nitrogens with one attached hydrogen (secondary N) is 2. The smallest absolute Gasteiger partial charge is 0.411 e. The topological polar surface area (TPSA) is 125 Å². The zero-order valence-electron chi connectivity index (χ0n) is 17.8. The van der Waals surface area contributed by atoms with Crippen molar-refractivity contribution in [2.24, 2.45) is 0 Å². The molecule has 4 N–H and O–H groups in total. The molecule has 8 nitrogen and oxygen atoms in total. The molecule has 1 atom stereocenters. The van der Waals surface area contributed by atoms with Gasteiger partial charge in [-0.2, -0.15) is 0 Å². The Hall–Kier alpha value is -3.88. The van der Waals surface area contributed by atoms with Crippen LogP contribution in [0.25, 0.3) is 11.1 Å². The summed E-state index contributed by atoms with van der Waals surface area (Å²) in [5.41, 5.74) is 4.59. The number of carboxylic acid groups (broad SMARTS) is 1. The van der Waals surface area contributed by atoms with Crippen molar-refractivity contribution in [2.75, 3.05) is 18.5 Å². The molecule has 0 saturated carbocycles. The van der Waals surface area contributed by atoms with E-state index in [4.69, 9.17) is 26.6 Å². The van der Waals surface area contributed by atoms with Crippen molar-refractivity contribution < 1.29 is 29.3 Å². The van der Waals surface area contributed by atoms with Crippen LogP contribution in [0.3, 0.4) is 0 Å². The number of aliphatic hydroxyl groups excluding tert-OH is 1. The summed E-state index contributed by atoms with van der Waals surface area (Å²) in [5, 5.41) is 23.0. The van der Waals surface area contributed by atoms with Gasteiger partial charge in [-0.25, -0.2) is 9.59 Å². The number of hydrogen-bond donors (Lipinski definition) is 4. The van der Waals surface area contributed by atoms with Gasteiger partial charge < -0.3 is 20.3 Å². The van der Waals surface area contributed by atoms with Crippen molar-refractivity contribution in [1.29, 1.82) is 0 Å². The molecule has 1 aliphatic rings. The normalized spacial score (nSPS) is 12.9. The maximum atomic E-state index is 12.5. The lowest BCUT2D eigenvalue weighted by Crippen LogP contribution is -2.43. The highest BCUT2D eigenvalue weighted by atomic mass is 35.5. The Bertz CT molecular complexity index is 1220. The van der Waals surface area contributed by atoms with Crippen molar-refractivity contribution in [3.05, 3.63) is 88.4 Å². The fourth-order valence-corrected chi connectivity index (χ4v) is 4.21. The van der Waals surface area contributed by atoms with Crippen LogP contribution >= 0.6 is 11.6 Å². The molecule has 0 spiro atoms. The Kier molecular flexibility index (Phi) is 6.81. The molecule has 2 amide bonds. The molecule has 0 aliphatic heterocycles. The van der Waals surface area contributed by atoms with Gasteiger partial charge in [0.15, 0.2) is 6.04 Å². The van der Waals surface area contributed by atoms with Crippen LogP contribution < -0.4 is 10.6 Å². The van der Waals surface area contributed by atoms with Crippen LogP contribution in [0.4, 0.5) is 10.5 Å². The van der Waals surface area contributed by atoms with Gasteiger partial charge in [-0.15, -0.1) is 0 Å². The van der Waals surface area contributed by atoms with Gasteiger partial charge in [-0.3, -0.25) is 10.1 Å². The third kappa shape index (κ3) is 4.88. The lowest BCUT2D eigenvalue weighted by atomic mass is 9.98. The number of carboxylic acids is 1. The summed E-state index contributed by atoms with van der Waals surface area (Å²) in [6.45, 7) is -0.656. The molecule has 0 bridgehead atoms. The zero-order valence-corrected chi connectivity index (χ0v) is 18.6. The molecule has 3 aromatic carbocycles. The molecule has 0 aromatic heterocycles. The van der Waals surface area contributed by atoms with Gasteiger partial charge in [0.2, 0.25) is 0 Å². The molecule has 0 saturated heterocycles. The summed E-state index contributed by atoms with van der Waals surface area (Å²) in [5.74, 6) is -2.25. The quantitative estimate of drug-likeness (QED) is 0.407. The second-order valence-electron chi connectivity index (χ2n) is 7.73. The number of rotatable bonds is 7. The van der Waals surface area contributed by atoms with Gasteiger partial charge in [-0.05, 0) is 40.5 Å². The Labute approximate surface area is 200 Å². The van der Waals surface area contributed by atoms with E-state index in [2.05, 4.69) is 10.6 Å². The van der Waals surface area contributed by atoms with E-state index >= 15 is 0 Å². The molecule has 174 valence electrons. The van der Waals surface area contributed by atoms with Gasteiger partial charge in [0.05, 0.1) is 6.61 Å². The summed E-state index contributed by atoms with van der Waals surface area (Å²) in [4.78, 5) is 35.9. The van der Waals surface area contributed by atoms with Crippen LogP contribution in [0.2, 0.25) is 5.02 Å². The Morgan fingerprint density at radius 3 is 2.18 bits per heavy atom. The maximum absolute atomic E-state index is 12.5. The van der Waals surface area contributed by atoms with Crippen molar-refractivity contribution in [3.8, 4) is 11.1 Å². The number of anilines is 1. The highest BCUT2D eigenvalue weighted by Gasteiger charge is 2.29. The zero-order chi connectivity index (χ0) is 24.2. The van der Waals surface area contributed by atoms with E-state index in [1.165, 1.54) is 18.2 Å². The van der Waals surface area contributed by atoms with E-state index in [1.807, 2.05) is 48.5 Å². The number of aliphatic carboxylic acids is 1. The summed E-state index contributed by atoms with van der Waals surface area (Å²) in [6, 6.07) is 18.6. The van der Waals surface area contributed by atoms with Crippen LogP contribution in [0.1, 0.15) is 27.4 Å². The fourth-order valence-electron chi connectivity index (χ4n) is 3.97. The van der Waals surface area contributed by atoms with Crippen LogP contribution in [0.15, 0.2) is 66.7 Å². The molecular formula is C25H21ClN2O6. The average Bonchev–Trinajstić information content (AvgIpc) is 3.14. The number of halogens is 1. The molecule has 3 aromatic rings. The van der Waals surface area contributed by atoms with Crippen LogP contribution in [-0.4, -0.2) is 47.4 Å². The number of fused-ring (bicyclic) bond motifs is 3. The van der Waals surface area contributed by atoms with Crippen molar-refractivity contribution in [1.82, 2.24) is 5.32 Å². The molecule has 0 fully saturated rings. The molecule has 0 unspecified atom stereocenters. The van der Waals surface area contributed by atoms with E-state index < -0.39 is 30.6 Å². The largest absolute Gasteiger partial charge is 0.480 e. The van der Waals surface area contributed by atoms with Gasteiger partial charge in [-0.1, -0.05) is 60.1 Å². The first-order chi connectivity index (χ1) is 16.4. The Balaban J connectivity index is 1.44. The SMILES string of the molecule is O=C(Nc1cc(Cl)cc(C(=O)N[C@@H](CO)C(=O)O)c1)OCC1c2ccccc2-c2ccccc21. The fraction of sp³-hybridized carbons (Fsp3) is 0.160. The predicted molar refractivity (Wildman–Crippen MR) is 126 cm³/mol. The van der Waals surface area contributed by atoms with E-state index in [9.17, 15) is 14.4 Å². The van der Waals surface area contributed by atoms with Crippen molar-refractivity contribution in [3.63, 3.8) is 0 Å². The first kappa shape index (κ1) is 23.3. The van der Waals surface area contributed by atoms with Crippen molar-refractivity contribution in [2.45, 2.75) is 12.0 Å². The summed E-state index contributed by atoms with van der Waals surface area (Å²) < 4.78 is 5.49. The van der Waals surface area contributed by atoms with Gasteiger partial charge in [0, 0.05) is 22.2 Å². The van der Waals surface area contributed by atoms with E-state index in [-0.39, 0.29) is 28.8 Å². The van der Waals surface area contributed by atoms with Gasteiger partial charge in [0.25, 0.3) is 5.91 Å². The Morgan fingerprint density at radius 2 is 1.59 bits per heavy atom. The molecule has 0 radical (unpaired) electrons. The van der Waals surface area contributed by atoms with Crippen LogP contribution in [0.5, 0.6) is 0 Å². The second-order valence-corrected chi connectivity index (χ2v) is 8.16. The molecule has 9 heteroatoms. The maximum Gasteiger partial charge on any atom is 0.411 e. The summed E-state index contributed by atoms with van der Waals surface area (Å²) in [6.07, 6.45) is -0.728. The number of aliphatic hydroxyl groups is 1. The minimum atomic E-state index is -1.47. The number of hydrogen-bond acceptors (Lipinski definition) is 5. The highest BCUT2D eigenvalue weighted by molar-refractivity contribution is 6.31. The third-order valence-corrected chi connectivity index (χ3v) is 5.75. The molecule has 4 rings (SSSR count). The molecule has 34 heavy (non-hydrogen) atoms. The predicted octanol–water partition coefficient (Wildman–Crippen LogP) is 3.88. The minimum Gasteiger partial charge on any atom is -0.480 e. The Morgan fingerprint density at radius 1 is 0.971 bits per heavy atom. The monoisotopic (exact) mass is 480 g/mol. The van der Waals surface area contributed by atoms with E-state index in [0.29, 0.717) is 0 Å². The van der Waals surface area contributed by atoms with Crippen molar-refractivity contribution >= 4 is 35.3 Å². The average molecular weight is 481 g/mol. The van der Waals surface area contributed by atoms with E-state index in [1.54, 1.807) is 0 Å². The third-order valence-electron chi connectivity index (χ3n) is 5.54. The minimum absolute atomic E-state index is 0.0150. The lowest BCUT2D eigenvalue weighted by molar-refractivity contribution is -0.140. The number of amides is 2. The second kappa shape index (κ2) is 9.94. The van der Waals surface area contributed by atoms with E-state index in [0.717, 1.165) is 22.3 Å². The van der Waals surface area contributed by atoms with Crippen LogP contribution in [0, 0.1) is 0 Å². The number of benzene rings is 3. The molecule has 0 heterocycles. The molecule has 1 aliphatic carbocycles. The number of carbonyl (C=O) groups is 3. The van der Waals surface area contributed by atoms with Gasteiger partial charge >= 0.3 is 12.1 Å². The number of carbonyl (C=O) groups excluding carboxylic acids is 2. The standard InChI is InChI=1S/C25H21ClN2O6/c26-15-9-14(23(30)28-22(12-29)24(31)32)10-16(11-15)27-25(33)34-13-21-19-7-3-1-5-17(19)18-6-2-4-8-20(18)21/h1-11,21-22,29H,12-13H2,(H,27,33)(H,28,30)(H,31,32)/t22-/m0/s1. The first-order valence-electron chi connectivity index (χ1n) is 10.4. The lowest BCUT2D eigenvalue weighted by Gasteiger charge is -2.15. The summed E-state index contributed by atoms with van der Waals surface area (Å²) in [7, 11) is 0.